The van der Waals surface area contributed by atoms with Gasteiger partial charge in [0.2, 0.25) is 0 Å². The number of pyridine rings is 1. The molecule has 1 aliphatic heterocycles. The lowest BCUT2D eigenvalue weighted by Crippen LogP contribution is -2.34. The monoisotopic (exact) mass is 370 g/mol. The van der Waals surface area contributed by atoms with Crippen molar-refractivity contribution in [1.82, 2.24) is 10.3 Å². The van der Waals surface area contributed by atoms with Gasteiger partial charge >= 0.3 is 0 Å². The molecule has 0 aliphatic carbocycles. The molecule has 0 saturated heterocycles. The van der Waals surface area contributed by atoms with Crippen molar-refractivity contribution in [2.75, 3.05) is 5.75 Å². The summed E-state index contributed by atoms with van der Waals surface area (Å²) in [4.78, 5) is 28.1. The smallest absolute Gasteiger partial charge is 0.261 e. The molecule has 0 saturated carbocycles. The van der Waals surface area contributed by atoms with Gasteiger partial charge in [0.25, 0.3) is 11.5 Å². The van der Waals surface area contributed by atoms with E-state index < -0.39 is 11.5 Å². The van der Waals surface area contributed by atoms with Crippen molar-refractivity contribution in [3.8, 4) is 11.5 Å². The van der Waals surface area contributed by atoms with Gasteiger partial charge < -0.3 is 14.7 Å². The third-order valence-corrected chi connectivity index (χ3v) is 5.43. The predicted molar refractivity (Wildman–Crippen MR) is 96.7 cm³/mol. The minimum Gasteiger partial charge on any atom is -0.463 e. The first-order valence-electron chi connectivity index (χ1n) is 8.13. The third-order valence-electron chi connectivity index (χ3n) is 4.27. The van der Waals surface area contributed by atoms with E-state index in [0.29, 0.717) is 28.5 Å². The standard InChI is InChI=1S/C19H15FN2O3S/c20-13-4-1-3-11-14(8-10-26-17(11)13)21-18(23)12-6-7-15(22-19(12)24)16-5-2-9-25-16/h1-7,9,14H,8,10H2,(H,21,23)(H,22,24)/t14-/m1/s1. The molecule has 3 heterocycles. The van der Waals surface area contributed by atoms with E-state index in [2.05, 4.69) is 10.3 Å². The molecule has 0 fully saturated rings. The number of thioether (sulfide) groups is 1. The molecule has 1 aliphatic rings. The van der Waals surface area contributed by atoms with Crippen LogP contribution in [0.1, 0.15) is 28.4 Å². The van der Waals surface area contributed by atoms with Crippen LogP contribution < -0.4 is 10.9 Å². The Bertz CT molecular complexity index is 1010. The molecule has 4 rings (SSSR count). The largest absolute Gasteiger partial charge is 0.463 e. The Kier molecular flexibility index (Phi) is 4.38. The molecule has 3 aromatic rings. The van der Waals surface area contributed by atoms with Crippen LogP contribution in [0.15, 0.2) is 62.8 Å². The Morgan fingerprint density at radius 1 is 1.23 bits per heavy atom. The zero-order chi connectivity index (χ0) is 18.1. The maximum atomic E-state index is 14.0. The number of hydrogen-bond donors (Lipinski definition) is 2. The second kappa shape index (κ2) is 6.84. The zero-order valence-corrected chi connectivity index (χ0v) is 14.4. The number of aromatic nitrogens is 1. The average Bonchev–Trinajstić information content (AvgIpc) is 3.17. The van der Waals surface area contributed by atoms with Crippen LogP contribution in [-0.4, -0.2) is 16.6 Å². The van der Waals surface area contributed by atoms with E-state index in [-0.39, 0.29) is 17.4 Å². The van der Waals surface area contributed by atoms with Gasteiger partial charge in [-0.05, 0) is 42.3 Å². The lowest BCUT2D eigenvalue weighted by Gasteiger charge is -2.26. The van der Waals surface area contributed by atoms with Crippen LogP contribution in [0.3, 0.4) is 0 Å². The van der Waals surface area contributed by atoms with Gasteiger partial charge in [-0.1, -0.05) is 12.1 Å². The van der Waals surface area contributed by atoms with Crippen LogP contribution in [0.5, 0.6) is 0 Å². The van der Waals surface area contributed by atoms with Gasteiger partial charge in [-0.25, -0.2) is 4.39 Å². The fourth-order valence-electron chi connectivity index (χ4n) is 3.00. The van der Waals surface area contributed by atoms with Crippen LogP contribution in [0, 0.1) is 5.82 Å². The van der Waals surface area contributed by atoms with E-state index in [4.69, 9.17) is 4.42 Å². The molecule has 2 aromatic heterocycles. The van der Waals surface area contributed by atoms with E-state index in [1.54, 1.807) is 30.3 Å². The molecule has 0 spiro atoms. The summed E-state index contributed by atoms with van der Waals surface area (Å²) in [5.41, 5.74) is 0.758. The Hall–Kier alpha value is -2.80. The molecule has 0 radical (unpaired) electrons. The molecular weight excluding hydrogens is 355 g/mol. The number of H-pyrrole nitrogens is 1. The van der Waals surface area contributed by atoms with Gasteiger partial charge in [0.05, 0.1) is 18.0 Å². The Balaban J connectivity index is 1.58. The van der Waals surface area contributed by atoms with Crippen LogP contribution in [0.2, 0.25) is 0 Å². The molecule has 1 aromatic carbocycles. The number of carbonyl (C=O) groups is 1. The summed E-state index contributed by atoms with van der Waals surface area (Å²) in [6, 6.07) is 11.1. The van der Waals surface area contributed by atoms with E-state index >= 15 is 0 Å². The summed E-state index contributed by atoms with van der Waals surface area (Å²) in [5.74, 6) is 0.450. The average molecular weight is 370 g/mol. The molecule has 1 amide bonds. The molecule has 5 nitrogen and oxygen atoms in total. The van der Waals surface area contributed by atoms with E-state index in [1.165, 1.54) is 30.2 Å². The molecule has 0 unspecified atom stereocenters. The lowest BCUT2D eigenvalue weighted by atomic mass is 10.0. The number of carbonyl (C=O) groups excluding carboxylic acids is 1. The number of aromatic amines is 1. The van der Waals surface area contributed by atoms with Crippen LogP contribution in [-0.2, 0) is 0 Å². The fourth-order valence-corrected chi connectivity index (χ4v) is 4.14. The first-order valence-corrected chi connectivity index (χ1v) is 9.11. The second-order valence-electron chi connectivity index (χ2n) is 5.91. The van der Waals surface area contributed by atoms with Gasteiger partial charge in [0, 0.05) is 10.6 Å². The first-order chi connectivity index (χ1) is 12.6. The molecule has 2 N–H and O–H groups in total. The third kappa shape index (κ3) is 3.06. The normalized spacial score (nSPS) is 16.1. The van der Waals surface area contributed by atoms with Gasteiger partial charge in [-0.15, -0.1) is 11.8 Å². The van der Waals surface area contributed by atoms with Gasteiger partial charge in [-0.3, -0.25) is 9.59 Å². The lowest BCUT2D eigenvalue weighted by molar-refractivity contribution is 0.0933. The predicted octanol–water partition coefficient (Wildman–Crippen LogP) is 3.74. The first kappa shape index (κ1) is 16.7. The molecule has 0 bridgehead atoms. The second-order valence-corrected chi connectivity index (χ2v) is 7.02. The van der Waals surface area contributed by atoms with Crippen molar-refractivity contribution in [3.63, 3.8) is 0 Å². The summed E-state index contributed by atoms with van der Waals surface area (Å²) in [7, 11) is 0. The number of fused-ring (bicyclic) bond motifs is 1. The maximum Gasteiger partial charge on any atom is 0.261 e. The molecular formula is C19H15FN2O3S. The van der Waals surface area contributed by atoms with Gasteiger partial charge in [0.1, 0.15) is 17.1 Å². The Morgan fingerprint density at radius 2 is 2.12 bits per heavy atom. The highest BCUT2D eigenvalue weighted by atomic mass is 32.2. The van der Waals surface area contributed by atoms with Crippen molar-refractivity contribution in [2.24, 2.45) is 0 Å². The van der Waals surface area contributed by atoms with E-state index in [9.17, 15) is 14.0 Å². The van der Waals surface area contributed by atoms with Gasteiger partial charge in [0.15, 0.2) is 0 Å². The van der Waals surface area contributed by atoms with Crippen molar-refractivity contribution in [1.29, 1.82) is 0 Å². The molecule has 132 valence electrons. The number of benzene rings is 1. The van der Waals surface area contributed by atoms with Crippen molar-refractivity contribution in [2.45, 2.75) is 17.4 Å². The molecule has 1 atom stereocenters. The van der Waals surface area contributed by atoms with Crippen molar-refractivity contribution < 1.29 is 13.6 Å². The fraction of sp³-hybridized carbons (Fsp3) is 0.158. The minimum absolute atomic E-state index is 0.0106. The van der Waals surface area contributed by atoms with Crippen molar-refractivity contribution >= 4 is 17.7 Å². The van der Waals surface area contributed by atoms with Crippen LogP contribution in [0.25, 0.3) is 11.5 Å². The number of halogens is 1. The van der Waals surface area contributed by atoms with Crippen LogP contribution >= 0.6 is 11.8 Å². The summed E-state index contributed by atoms with van der Waals surface area (Å²) < 4.78 is 19.2. The quantitative estimate of drug-likeness (QED) is 0.736. The molecule has 7 heteroatoms. The Labute approximate surface area is 152 Å². The highest BCUT2D eigenvalue weighted by Gasteiger charge is 2.25. The number of nitrogens with one attached hydrogen (secondary N) is 2. The summed E-state index contributed by atoms with van der Waals surface area (Å²) in [6.45, 7) is 0. The summed E-state index contributed by atoms with van der Waals surface area (Å²) >= 11 is 1.44. The van der Waals surface area contributed by atoms with E-state index in [1.807, 2.05) is 0 Å². The molecule has 26 heavy (non-hydrogen) atoms. The number of amides is 1. The number of furan rings is 1. The van der Waals surface area contributed by atoms with Crippen molar-refractivity contribution in [3.05, 3.63) is 76.0 Å². The highest BCUT2D eigenvalue weighted by molar-refractivity contribution is 7.99. The highest BCUT2D eigenvalue weighted by Crippen LogP contribution is 2.37. The maximum absolute atomic E-state index is 14.0. The number of rotatable bonds is 3. The Morgan fingerprint density at radius 3 is 2.88 bits per heavy atom. The minimum atomic E-state index is -0.499. The summed E-state index contributed by atoms with van der Waals surface area (Å²) in [6.07, 6.45) is 2.18. The SMILES string of the molecule is O=C(N[C@@H]1CCSc2c(F)cccc21)c1ccc(-c2ccco2)[nH]c1=O. The van der Waals surface area contributed by atoms with Gasteiger partial charge in [-0.2, -0.15) is 0 Å². The van der Waals surface area contributed by atoms with E-state index in [0.717, 1.165) is 5.56 Å². The zero-order valence-electron chi connectivity index (χ0n) is 13.6. The number of hydrogen-bond acceptors (Lipinski definition) is 4. The topological polar surface area (TPSA) is 75.1 Å². The summed E-state index contributed by atoms with van der Waals surface area (Å²) in [5, 5.41) is 2.85. The van der Waals surface area contributed by atoms with Crippen LogP contribution in [0.4, 0.5) is 4.39 Å².